The largest absolute Gasteiger partial charge is 0.416 e. The van der Waals surface area contributed by atoms with Crippen molar-refractivity contribution in [2.24, 2.45) is 0 Å². The average Bonchev–Trinajstić information content (AvgIpc) is 3.03. The van der Waals surface area contributed by atoms with Crippen LogP contribution < -0.4 is 5.32 Å². The van der Waals surface area contributed by atoms with E-state index in [9.17, 15) is 22.4 Å². The van der Waals surface area contributed by atoms with Crippen LogP contribution in [0, 0.1) is 5.82 Å². The minimum atomic E-state index is -4.51. The molecule has 0 aliphatic carbocycles. The summed E-state index contributed by atoms with van der Waals surface area (Å²) in [6.07, 6.45) is -4.51. The number of halogens is 4. The van der Waals surface area contributed by atoms with Crippen LogP contribution in [0.5, 0.6) is 0 Å². The molecule has 0 unspecified atom stereocenters. The first-order valence-corrected chi connectivity index (χ1v) is 8.86. The Bertz CT molecular complexity index is 833. The quantitative estimate of drug-likeness (QED) is 0.789. The lowest BCUT2D eigenvalue weighted by atomic mass is 10.1. The Labute approximate surface area is 160 Å². The van der Waals surface area contributed by atoms with Gasteiger partial charge in [0.1, 0.15) is 5.82 Å². The van der Waals surface area contributed by atoms with Gasteiger partial charge >= 0.3 is 6.18 Å². The number of benzene rings is 2. The van der Waals surface area contributed by atoms with Crippen LogP contribution in [0.1, 0.15) is 27.0 Å². The van der Waals surface area contributed by atoms with Gasteiger partial charge in [0, 0.05) is 31.7 Å². The average molecular weight is 396 g/mol. The Hall–Kier alpha value is -2.45. The molecule has 4 nitrogen and oxygen atoms in total. The van der Waals surface area contributed by atoms with Crippen molar-refractivity contribution in [1.29, 1.82) is 0 Å². The van der Waals surface area contributed by atoms with Gasteiger partial charge in [0.25, 0.3) is 5.91 Å². The molecule has 2 aliphatic rings. The smallest absolute Gasteiger partial charge is 0.379 e. The molecular weight excluding hydrogens is 376 g/mol. The second-order valence-corrected chi connectivity index (χ2v) is 6.57. The maximum absolute atomic E-state index is 13.2. The normalized spacial score (nSPS) is 16.8. The molecule has 0 atom stereocenters. The molecule has 2 aromatic carbocycles. The van der Waals surface area contributed by atoms with E-state index in [-0.39, 0.29) is 5.91 Å². The molecule has 1 fully saturated rings. The van der Waals surface area contributed by atoms with Gasteiger partial charge < -0.3 is 10.1 Å². The Morgan fingerprint density at radius 2 is 1.79 bits per heavy atom. The van der Waals surface area contributed by atoms with Crippen molar-refractivity contribution >= 4 is 5.91 Å². The molecular formula is C20H20F4N2O2. The maximum Gasteiger partial charge on any atom is 0.416 e. The Kier molecular flexibility index (Phi) is 6.31. The van der Waals surface area contributed by atoms with E-state index in [0.29, 0.717) is 51.0 Å². The molecule has 1 saturated heterocycles. The molecule has 0 spiro atoms. The number of morpholine rings is 1. The second kappa shape index (κ2) is 8.70. The number of nitrogens with zero attached hydrogens (tertiary/aromatic N) is 1. The summed E-state index contributed by atoms with van der Waals surface area (Å²) in [5.41, 5.74) is 1.32. The minimum absolute atomic E-state index is 0.0515. The summed E-state index contributed by atoms with van der Waals surface area (Å²) in [7, 11) is 0. The van der Waals surface area contributed by atoms with E-state index in [1.807, 2.05) is 29.2 Å². The van der Waals surface area contributed by atoms with Gasteiger partial charge in [0.2, 0.25) is 0 Å². The molecule has 4 rings (SSSR count). The third-order valence-corrected chi connectivity index (χ3v) is 4.50. The number of ether oxygens (including phenoxy) is 1. The number of hydrogen-bond donors (Lipinski definition) is 1. The van der Waals surface area contributed by atoms with Crippen LogP contribution in [0.2, 0.25) is 0 Å². The zero-order valence-electron chi connectivity index (χ0n) is 15.1. The van der Waals surface area contributed by atoms with Crippen LogP contribution in [0.4, 0.5) is 17.6 Å². The summed E-state index contributed by atoms with van der Waals surface area (Å²) in [5, 5.41) is 2.75. The molecule has 28 heavy (non-hydrogen) atoms. The van der Waals surface area contributed by atoms with Gasteiger partial charge in [-0.3, -0.25) is 9.69 Å². The summed E-state index contributed by atoms with van der Waals surface area (Å²) in [6.45, 7) is 3.41. The third-order valence-electron chi connectivity index (χ3n) is 4.50. The van der Waals surface area contributed by atoms with E-state index in [1.54, 1.807) is 0 Å². The number of rotatable bonds is 2. The molecule has 150 valence electrons. The number of carbonyl (C=O) groups is 1. The topological polar surface area (TPSA) is 41.6 Å². The summed E-state index contributed by atoms with van der Waals surface area (Å²) < 4.78 is 55.9. The van der Waals surface area contributed by atoms with Crippen LogP contribution in [-0.2, 0) is 24.0 Å². The zero-order valence-corrected chi connectivity index (χ0v) is 15.1. The van der Waals surface area contributed by atoms with Crippen LogP contribution in [-0.4, -0.2) is 37.1 Å². The first-order chi connectivity index (χ1) is 13.3. The van der Waals surface area contributed by atoms with Crippen molar-refractivity contribution in [1.82, 2.24) is 10.2 Å². The van der Waals surface area contributed by atoms with Gasteiger partial charge in [0.05, 0.1) is 18.8 Å². The number of amides is 1. The molecule has 0 saturated carbocycles. The molecule has 2 heterocycles. The van der Waals surface area contributed by atoms with E-state index in [1.165, 1.54) is 0 Å². The summed E-state index contributed by atoms with van der Waals surface area (Å²) in [6, 6.07) is 10.3. The number of alkyl halides is 3. The molecule has 0 radical (unpaired) electrons. The summed E-state index contributed by atoms with van der Waals surface area (Å²) in [4.78, 5) is 12.9. The highest BCUT2D eigenvalue weighted by Gasteiger charge is 2.31. The first kappa shape index (κ1) is 20.3. The Morgan fingerprint density at radius 1 is 1.07 bits per heavy atom. The molecule has 1 N–H and O–H groups in total. The van der Waals surface area contributed by atoms with Gasteiger partial charge in [0.15, 0.2) is 0 Å². The fourth-order valence-corrected chi connectivity index (χ4v) is 3.09. The maximum atomic E-state index is 13.2. The molecule has 0 aromatic heterocycles. The predicted octanol–water partition coefficient (Wildman–Crippen LogP) is 3.61. The van der Waals surface area contributed by atoms with Gasteiger partial charge in [-0.25, -0.2) is 4.39 Å². The van der Waals surface area contributed by atoms with Crippen molar-refractivity contribution in [3.63, 3.8) is 0 Å². The van der Waals surface area contributed by atoms with E-state index in [0.717, 1.165) is 23.3 Å². The third kappa shape index (κ3) is 5.30. The number of nitrogens with one attached hydrogen (secondary N) is 1. The lowest BCUT2D eigenvalue weighted by molar-refractivity contribution is -0.137. The van der Waals surface area contributed by atoms with Gasteiger partial charge in [-0.2, -0.15) is 13.2 Å². The van der Waals surface area contributed by atoms with Gasteiger partial charge in [-0.1, -0.05) is 18.2 Å². The lowest BCUT2D eigenvalue weighted by Gasteiger charge is -2.26. The van der Waals surface area contributed by atoms with Crippen molar-refractivity contribution in [3.05, 3.63) is 70.5 Å². The second-order valence-electron chi connectivity index (χ2n) is 6.57. The summed E-state index contributed by atoms with van der Waals surface area (Å²) in [5.74, 6) is -0.802. The number of carbonyl (C=O) groups excluding carboxylic acids is 1. The van der Waals surface area contributed by atoms with Crippen molar-refractivity contribution < 1.29 is 27.1 Å². The fraction of sp³-hybridized carbons (Fsp3) is 0.350. The lowest BCUT2D eigenvalue weighted by Crippen LogP contribution is -2.35. The first-order valence-electron chi connectivity index (χ1n) is 8.86. The highest BCUT2D eigenvalue weighted by atomic mass is 19.4. The highest BCUT2D eigenvalue weighted by molar-refractivity contribution is 5.98. The van der Waals surface area contributed by atoms with Crippen LogP contribution >= 0.6 is 0 Å². The molecule has 1 amide bonds. The predicted molar refractivity (Wildman–Crippen MR) is 95.1 cm³/mol. The standard InChI is InChI=1S/C12H13F4NO.C8H7NO/c13-11-6-9(5-10(7-11)12(14,15)16)8-17-1-3-18-4-2-17;10-8-7-4-2-1-3-6(7)5-9-8/h5-7H,1-4,8H2;1-4H,5H2,(H,9,10). The monoisotopic (exact) mass is 396 g/mol. The minimum Gasteiger partial charge on any atom is -0.379 e. The zero-order chi connectivity index (χ0) is 20.1. The van der Waals surface area contributed by atoms with Gasteiger partial charge in [-0.15, -0.1) is 0 Å². The van der Waals surface area contributed by atoms with E-state index in [4.69, 9.17) is 4.74 Å². The number of hydrogen-bond acceptors (Lipinski definition) is 3. The Morgan fingerprint density at radius 3 is 2.46 bits per heavy atom. The van der Waals surface area contributed by atoms with E-state index in [2.05, 4.69) is 5.32 Å². The van der Waals surface area contributed by atoms with Crippen LogP contribution in [0.15, 0.2) is 42.5 Å². The SMILES string of the molecule is Fc1cc(CN2CCOCC2)cc(C(F)(F)F)c1.O=C1NCc2ccccc21. The molecule has 2 aliphatic heterocycles. The van der Waals surface area contributed by atoms with E-state index >= 15 is 0 Å². The highest BCUT2D eigenvalue weighted by Crippen LogP contribution is 2.30. The Balaban J connectivity index is 0.000000188. The summed E-state index contributed by atoms with van der Waals surface area (Å²) >= 11 is 0. The van der Waals surface area contributed by atoms with Crippen LogP contribution in [0.25, 0.3) is 0 Å². The fourth-order valence-electron chi connectivity index (χ4n) is 3.09. The van der Waals surface area contributed by atoms with E-state index < -0.39 is 17.6 Å². The van der Waals surface area contributed by atoms with Crippen LogP contribution in [0.3, 0.4) is 0 Å². The van der Waals surface area contributed by atoms with Crippen molar-refractivity contribution in [2.45, 2.75) is 19.3 Å². The van der Waals surface area contributed by atoms with Crippen molar-refractivity contribution in [3.8, 4) is 0 Å². The molecule has 0 bridgehead atoms. The van der Waals surface area contributed by atoms with Gasteiger partial charge in [-0.05, 0) is 35.4 Å². The van der Waals surface area contributed by atoms with Crippen molar-refractivity contribution in [2.75, 3.05) is 26.3 Å². The molecule has 2 aromatic rings. The molecule has 8 heteroatoms. The number of fused-ring (bicyclic) bond motifs is 1.